The summed E-state index contributed by atoms with van der Waals surface area (Å²) in [6.45, 7) is 3.23. The molecule has 0 saturated heterocycles. The van der Waals surface area contributed by atoms with Gasteiger partial charge in [0.25, 0.3) is 0 Å². The van der Waals surface area contributed by atoms with Gasteiger partial charge in [0.1, 0.15) is 0 Å². The molecule has 0 spiro atoms. The molecule has 11 rings (SSSR count). The molecule has 59 heavy (non-hydrogen) atoms. The lowest BCUT2D eigenvalue weighted by molar-refractivity contribution is 0.637. The number of nitrogens with zero attached hydrogens (tertiary/aromatic N) is 1. The van der Waals surface area contributed by atoms with E-state index in [1.165, 1.54) is 98.6 Å². The lowest BCUT2D eigenvalue weighted by Gasteiger charge is -2.24. The van der Waals surface area contributed by atoms with Gasteiger partial charge in [-0.3, -0.25) is 0 Å². The Morgan fingerprint density at radius 3 is 2.03 bits per heavy atom. The Balaban J connectivity index is 1.01. The van der Waals surface area contributed by atoms with Crippen molar-refractivity contribution in [2.24, 2.45) is 0 Å². The fourth-order valence-electron chi connectivity index (χ4n) is 10.7. The van der Waals surface area contributed by atoms with Gasteiger partial charge in [0.05, 0.1) is 0 Å². The number of hydrogen-bond donors (Lipinski definition) is 0. The average molecular weight is 760 g/mol. The van der Waals surface area contributed by atoms with Crippen LogP contribution in [0.1, 0.15) is 77.0 Å². The van der Waals surface area contributed by atoms with Gasteiger partial charge >= 0.3 is 0 Å². The lowest BCUT2D eigenvalue weighted by Crippen LogP contribution is -2.06. The predicted molar refractivity (Wildman–Crippen MR) is 252 cm³/mol. The van der Waals surface area contributed by atoms with Crippen LogP contribution in [0.25, 0.3) is 59.7 Å². The highest BCUT2D eigenvalue weighted by Crippen LogP contribution is 2.43. The normalized spacial score (nSPS) is 14.0. The second-order valence-electron chi connectivity index (χ2n) is 16.9. The maximum atomic E-state index is 2.56. The van der Waals surface area contributed by atoms with Crippen LogP contribution >= 0.6 is 0 Å². The molecule has 1 aromatic heterocycles. The summed E-state index contributed by atoms with van der Waals surface area (Å²) >= 11 is 0. The highest BCUT2D eigenvalue weighted by atomic mass is 15.0. The zero-order valence-corrected chi connectivity index (χ0v) is 33.9. The highest BCUT2D eigenvalue weighted by Gasteiger charge is 2.23. The van der Waals surface area contributed by atoms with Crippen molar-refractivity contribution in [3.63, 3.8) is 0 Å². The molecule has 10 aromatic rings. The van der Waals surface area contributed by atoms with E-state index in [-0.39, 0.29) is 5.92 Å². The first-order chi connectivity index (χ1) is 29.2. The predicted octanol–water partition coefficient (Wildman–Crippen LogP) is 15.2. The van der Waals surface area contributed by atoms with Gasteiger partial charge < -0.3 is 4.57 Å². The van der Waals surface area contributed by atoms with Gasteiger partial charge in [-0.25, -0.2) is 0 Å². The van der Waals surface area contributed by atoms with Crippen LogP contribution in [0.3, 0.4) is 0 Å². The Kier molecular flexibility index (Phi) is 9.11. The Morgan fingerprint density at radius 2 is 1.22 bits per heavy atom. The van der Waals surface area contributed by atoms with Gasteiger partial charge in [0, 0.05) is 34.3 Å². The third-order valence-corrected chi connectivity index (χ3v) is 13.6. The smallest absolute Gasteiger partial charge is 0.0491 e. The Morgan fingerprint density at radius 1 is 0.525 bits per heavy atom. The minimum Gasteiger partial charge on any atom is -0.341 e. The summed E-state index contributed by atoms with van der Waals surface area (Å²) in [5.74, 6) is 0.625. The van der Waals surface area contributed by atoms with E-state index in [9.17, 15) is 0 Å². The lowest BCUT2D eigenvalue weighted by atomic mass is 9.81. The van der Waals surface area contributed by atoms with Crippen molar-refractivity contribution in [1.29, 1.82) is 0 Å². The molecule has 0 fully saturated rings. The second-order valence-corrected chi connectivity index (χ2v) is 16.9. The van der Waals surface area contributed by atoms with Gasteiger partial charge in [-0.15, -0.1) is 0 Å². The SMILES string of the molecule is CCn1c2ccc(CC(c3ccccc3)c3ccc4ccc5cccc6ccc3c4c56)cc2c2cc(C(CCc3ccccc3)CC3=CCCc4ccccc43)ccc21. The number of benzene rings is 9. The summed E-state index contributed by atoms with van der Waals surface area (Å²) < 4.78 is 2.52. The van der Waals surface area contributed by atoms with E-state index in [4.69, 9.17) is 0 Å². The quantitative estimate of drug-likeness (QED) is 0.116. The van der Waals surface area contributed by atoms with Crippen molar-refractivity contribution in [3.8, 4) is 0 Å². The van der Waals surface area contributed by atoms with Crippen molar-refractivity contribution in [3.05, 3.63) is 221 Å². The van der Waals surface area contributed by atoms with E-state index < -0.39 is 0 Å². The van der Waals surface area contributed by atoms with Crippen LogP contribution in [-0.2, 0) is 25.8 Å². The fourth-order valence-corrected chi connectivity index (χ4v) is 10.7. The topological polar surface area (TPSA) is 4.93 Å². The highest BCUT2D eigenvalue weighted by molar-refractivity contribution is 6.23. The van der Waals surface area contributed by atoms with E-state index in [0.717, 1.165) is 45.1 Å². The van der Waals surface area contributed by atoms with E-state index in [2.05, 4.69) is 193 Å². The maximum absolute atomic E-state index is 2.56. The van der Waals surface area contributed by atoms with E-state index in [1.54, 1.807) is 0 Å². The van der Waals surface area contributed by atoms with Crippen molar-refractivity contribution in [1.82, 2.24) is 4.57 Å². The first kappa shape index (κ1) is 35.7. The van der Waals surface area contributed by atoms with E-state index in [1.807, 2.05) is 0 Å². The number of rotatable bonds is 11. The molecule has 286 valence electrons. The number of aromatic nitrogens is 1. The van der Waals surface area contributed by atoms with Gasteiger partial charge in [0.15, 0.2) is 0 Å². The number of aryl methyl sites for hydroxylation is 3. The summed E-state index contributed by atoms with van der Waals surface area (Å²) in [6, 6.07) is 66.9. The summed E-state index contributed by atoms with van der Waals surface area (Å²) in [7, 11) is 0. The van der Waals surface area contributed by atoms with Gasteiger partial charge in [-0.2, -0.15) is 0 Å². The molecule has 1 nitrogen and oxygen atoms in total. The third kappa shape index (κ3) is 6.41. The summed E-state index contributed by atoms with van der Waals surface area (Å²) in [6.07, 6.45) is 8.97. The molecule has 0 aliphatic heterocycles. The van der Waals surface area contributed by atoms with Crippen LogP contribution in [-0.4, -0.2) is 4.57 Å². The molecule has 9 aromatic carbocycles. The zero-order chi connectivity index (χ0) is 39.3. The molecule has 1 heterocycles. The Labute approximate surface area is 347 Å². The Bertz CT molecular complexity index is 3130. The first-order valence-corrected chi connectivity index (χ1v) is 21.8. The molecule has 1 aliphatic rings. The molecule has 0 saturated carbocycles. The second kappa shape index (κ2) is 15.1. The van der Waals surface area contributed by atoms with Crippen LogP contribution in [0.15, 0.2) is 182 Å². The van der Waals surface area contributed by atoms with Crippen LogP contribution in [0, 0.1) is 0 Å². The van der Waals surface area contributed by atoms with Gasteiger partial charge in [-0.1, -0.05) is 158 Å². The summed E-state index contributed by atoms with van der Waals surface area (Å²) in [4.78, 5) is 0. The average Bonchev–Trinajstić information content (AvgIpc) is 3.61. The molecule has 0 bridgehead atoms. The molecular weight excluding hydrogens is 711 g/mol. The number of allylic oxidation sites excluding steroid dienone is 2. The zero-order valence-electron chi connectivity index (χ0n) is 33.9. The van der Waals surface area contributed by atoms with Gasteiger partial charge in [-0.05, 0) is 152 Å². The monoisotopic (exact) mass is 759 g/mol. The largest absolute Gasteiger partial charge is 0.341 e. The molecule has 0 amide bonds. The molecular formula is C58H49N. The van der Waals surface area contributed by atoms with E-state index >= 15 is 0 Å². The first-order valence-electron chi connectivity index (χ1n) is 21.8. The minimum absolute atomic E-state index is 0.210. The van der Waals surface area contributed by atoms with Crippen LogP contribution in [0.4, 0.5) is 0 Å². The minimum atomic E-state index is 0.210. The standard InChI is InChI=1S/C58H49N/c1-2-59-55-33-24-40(35-52(42-15-7-4-8-16-42)50-31-28-45-27-26-43-19-12-20-44-29-32-51(50)58(45)57(43)44)36-53(55)54-38-47(30-34-56(54)59)46(25-23-39-13-5-3-6-14-39)37-48-21-11-18-41-17-9-10-22-49(41)48/h3-10,12-17,19-22,24,26-34,36,38,46,52H,2,11,18,23,25,35,37H2,1H3. The molecule has 2 unspecified atom stereocenters. The van der Waals surface area contributed by atoms with E-state index in [0.29, 0.717) is 5.92 Å². The fraction of sp³-hybridized carbons (Fsp3) is 0.172. The molecule has 2 atom stereocenters. The van der Waals surface area contributed by atoms with Crippen LogP contribution in [0.5, 0.6) is 0 Å². The molecule has 0 N–H and O–H groups in total. The number of hydrogen-bond acceptors (Lipinski definition) is 0. The van der Waals surface area contributed by atoms with Crippen LogP contribution in [0.2, 0.25) is 0 Å². The summed E-state index contributed by atoms with van der Waals surface area (Å²) in [5, 5.41) is 10.8. The van der Waals surface area contributed by atoms with Crippen molar-refractivity contribution < 1.29 is 0 Å². The third-order valence-electron chi connectivity index (χ3n) is 13.6. The van der Waals surface area contributed by atoms with Crippen LogP contribution < -0.4 is 0 Å². The van der Waals surface area contributed by atoms with Crippen molar-refractivity contribution in [2.75, 3.05) is 0 Å². The Hall–Kier alpha value is -6.44. The number of fused-ring (bicyclic) bond motifs is 4. The molecule has 1 aliphatic carbocycles. The van der Waals surface area contributed by atoms with Crippen molar-refractivity contribution >= 4 is 59.7 Å². The summed E-state index contributed by atoms with van der Waals surface area (Å²) in [5.41, 5.74) is 14.1. The van der Waals surface area contributed by atoms with Gasteiger partial charge in [0.2, 0.25) is 0 Å². The molecule has 1 heteroatoms. The van der Waals surface area contributed by atoms with Crippen molar-refractivity contribution in [2.45, 2.75) is 63.8 Å². The maximum Gasteiger partial charge on any atom is 0.0491 e. The molecule has 0 radical (unpaired) electrons.